The van der Waals surface area contributed by atoms with E-state index in [0.717, 1.165) is 6.07 Å². The van der Waals surface area contributed by atoms with Gasteiger partial charge in [0.15, 0.2) is 0 Å². The molecule has 0 heterocycles. The molecule has 3 N–H and O–H groups in total. The zero-order valence-electron chi connectivity index (χ0n) is 10.9. The van der Waals surface area contributed by atoms with Gasteiger partial charge >= 0.3 is 0 Å². The Morgan fingerprint density at radius 1 is 1.19 bits per heavy atom. The van der Waals surface area contributed by atoms with Crippen LogP contribution in [-0.2, 0) is 4.79 Å². The van der Waals surface area contributed by atoms with Crippen molar-refractivity contribution in [3.05, 3.63) is 38.4 Å². The van der Waals surface area contributed by atoms with Gasteiger partial charge in [-0.1, -0.05) is 0 Å². The highest BCUT2D eigenvalue weighted by Gasteiger charge is 2.18. The van der Waals surface area contributed by atoms with Crippen molar-refractivity contribution < 1.29 is 19.7 Å². The molecule has 1 rings (SSSR count). The summed E-state index contributed by atoms with van der Waals surface area (Å²) in [4.78, 5) is 30.8. The van der Waals surface area contributed by atoms with E-state index in [2.05, 4.69) is 10.6 Å². The van der Waals surface area contributed by atoms with Gasteiger partial charge in [-0.15, -0.1) is 0 Å². The summed E-state index contributed by atoms with van der Waals surface area (Å²) in [5.41, 5.74) is -0.579. The summed E-state index contributed by atoms with van der Waals surface area (Å²) in [5.74, 6) is -0.503. The van der Waals surface area contributed by atoms with Gasteiger partial charge < -0.3 is 15.7 Å². The van der Waals surface area contributed by atoms with Crippen LogP contribution in [0.25, 0.3) is 0 Å². The number of hydrogen-bond acceptors (Lipinski definition) is 7. The molecule has 21 heavy (non-hydrogen) atoms. The molecule has 0 atom stereocenters. The van der Waals surface area contributed by atoms with Crippen molar-refractivity contribution in [3.63, 3.8) is 0 Å². The lowest BCUT2D eigenvalue weighted by Crippen LogP contribution is -2.28. The summed E-state index contributed by atoms with van der Waals surface area (Å²) in [7, 11) is 0. The van der Waals surface area contributed by atoms with Gasteiger partial charge in [0.2, 0.25) is 5.91 Å². The molecular formula is C11H14N4O6. The number of rotatable bonds is 8. The molecule has 0 aromatic heterocycles. The number of carbonyl (C=O) groups is 1. The maximum atomic E-state index is 10.9. The van der Waals surface area contributed by atoms with Gasteiger partial charge in [-0.25, -0.2) is 0 Å². The Labute approximate surface area is 119 Å². The molecule has 0 aliphatic rings. The molecule has 0 fully saturated rings. The predicted octanol–water partition coefficient (Wildman–Crippen LogP) is 0.413. The zero-order valence-corrected chi connectivity index (χ0v) is 10.9. The minimum Gasteiger partial charge on any atom is -0.387 e. The molecule has 0 saturated carbocycles. The molecule has 0 unspecified atom stereocenters. The fraction of sp³-hybridized carbons (Fsp3) is 0.364. The van der Waals surface area contributed by atoms with Crippen LogP contribution in [-0.4, -0.2) is 40.6 Å². The topological polar surface area (TPSA) is 148 Å². The van der Waals surface area contributed by atoms with Gasteiger partial charge in [-0.2, -0.15) is 0 Å². The molecule has 0 aliphatic heterocycles. The van der Waals surface area contributed by atoms with E-state index in [1.54, 1.807) is 0 Å². The number of amides is 1. The highest BCUT2D eigenvalue weighted by atomic mass is 16.6. The third-order valence-corrected chi connectivity index (χ3v) is 2.52. The Balaban J connectivity index is 2.60. The summed E-state index contributed by atoms with van der Waals surface area (Å²) in [6, 6.07) is 3.32. The molecule has 1 aromatic rings. The van der Waals surface area contributed by atoms with Crippen molar-refractivity contribution in [2.24, 2.45) is 0 Å². The summed E-state index contributed by atoms with van der Waals surface area (Å²) in [6.45, 7) is 0.0266. The van der Waals surface area contributed by atoms with Crippen molar-refractivity contribution in [3.8, 4) is 0 Å². The lowest BCUT2D eigenvalue weighted by atomic mass is 10.2. The number of nitrogens with one attached hydrogen (secondary N) is 2. The normalized spacial score (nSPS) is 9.95. The molecule has 10 nitrogen and oxygen atoms in total. The van der Waals surface area contributed by atoms with E-state index >= 15 is 0 Å². The molecule has 0 bridgehead atoms. The number of nitro groups is 2. The first-order valence-corrected chi connectivity index (χ1v) is 6.00. The van der Waals surface area contributed by atoms with Crippen LogP contribution < -0.4 is 10.6 Å². The van der Waals surface area contributed by atoms with Gasteiger partial charge in [0, 0.05) is 19.2 Å². The molecule has 10 heteroatoms. The summed E-state index contributed by atoms with van der Waals surface area (Å²) >= 11 is 0. The molecule has 0 radical (unpaired) electrons. The van der Waals surface area contributed by atoms with E-state index in [-0.39, 0.29) is 17.1 Å². The van der Waals surface area contributed by atoms with Crippen LogP contribution in [0, 0.1) is 20.2 Å². The molecule has 114 valence electrons. The Morgan fingerprint density at radius 2 is 1.90 bits per heavy atom. The van der Waals surface area contributed by atoms with Gasteiger partial charge in [-0.3, -0.25) is 25.0 Å². The van der Waals surface area contributed by atoms with Gasteiger partial charge in [0.25, 0.3) is 11.4 Å². The van der Waals surface area contributed by atoms with Crippen molar-refractivity contribution in [1.82, 2.24) is 5.32 Å². The van der Waals surface area contributed by atoms with Gasteiger partial charge in [0.1, 0.15) is 12.3 Å². The number of nitrogens with zero attached hydrogens (tertiary/aromatic N) is 2. The average molecular weight is 298 g/mol. The second-order valence-electron chi connectivity index (χ2n) is 4.00. The predicted molar refractivity (Wildman–Crippen MR) is 73.0 cm³/mol. The van der Waals surface area contributed by atoms with E-state index in [4.69, 9.17) is 5.11 Å². The largest absolute Gasteiger partial charge is 0.387 e. The molecule has 0 spiro atoms. The lowest BCUT2D eigenvalue weighted by Gasteiger charge is -2.07. The quantitative estimate of drug-likeness (QED) is 0.357. The first-order valence-electron chi connectivity index (χ1n) is 6.00. The van der Waals surface area contributed by atoms with E-state index in [1.807, 2.05) is 0 Å². The summed E-state index contributed by atoms with van der Waals surface area (Å²) in [5, 5.41) is 35.1. The van der Waals surface area contributed by atoms with Crippen LogP contribution >= 0.6 is 0 Å². The Kier molecular flexibility index (Phi) is 6.01. The number of non-ortho nitro benzene ring substituents is 1. The smallest absolute Gasteiger partial charge is 0.299 e. The Morgan fingerprint density at radius 3 is 2.48 bits per heavy atom. The van der Waals surface area contributed by atoms with Crippen LogP contribution in [0.5, 0.6) is 0 Å². The van der Waals surface area contributed by atoms with Crippen LogP contribution in [0.1, 0.15) is 6.42 Å². The zero-order chi connectivity index (χ0) is 15.8. The van der Waals surface area contributed by atoms with Crippen LogP contribution in [0.15, 0.2) is 18.2 Å². The number of hydrogen-bond donors (Lipinski definition) is 3. The summed E-state index contributed by atoms with van der Waals surface area (Å²) in [6.07, 6.45) is 0.472. The Bertz CT molecular complexity index is 548. The SMILES string of the molecule is O=C(CO)NCCCNc1ccc([N+](=O)[O-])cc1[N+](=O)[O-]. The van der Waals surface area contributed by atoms with E-state index in [1.165, 1.54) is 12.1 Å². The van der Waals surface area contributed by atoms with Crippen LogP contribution in [0.2, 0.25) is 0 Å². The van der Waals surface area contributed by atoms with Crippen molar-refractivity contribution >= 4 is 23.0 Å². The highest BCUT2D eigenvalue weighted by molar-refractivity contribution is 5.76. The second kappa shape index (κ2) is 7.75. The third-order valence-electron chi connectivity index (χ3n) is 2.52. The first-order chi connectivity index (χ1) is 9.95. The molecule has 1 aromatic carbocycles. The number of aliphatic hydroxyl groups excluding tert-OH is 1. The van der Waals surface area contributed by atoms with Gasteiger partial charge in [-0.05, 0) is 12.5 Å². The van der Waals surface area contributed by atoms with Gasteiger partial charge in [0.05, 0.1) is 15.9 Å². The summed E-state index contributed by atoms with van der Waals surface area (Å²) < 4.78 is 0. The fourth-order valence-electron chi connectivity index (χ4n) is 1.53. The standard InChI is InChI=1S/C11H14N4O6/c16-7-11(17)13-5-1-4-12-9-3-2-8(14(18)19)6-10(9)15(20)21/h2-3,6,12,16H,1,4-5,7H2,(H,13,17). The highest BCUT2D eigenvalue weighted by Crippen LogP contribution is 2.28. The number of benzene rings is 1. The third kappa shape index (κ3) is 5.03. The fourth-order valence-corrected chi connectivity index (χ4v) is 1.53. The van der Waals surface area contributed by atoms with Crippen molar-refractivity contribution in [2.75, 3.05) is 25.0 Å². The number of anilines is 1. The average Bonchev–Trinajstić information content (AvgIpc) is 2.46. The van der Waals surface area contributed by atoms with Crippen molar-refractivity contribution in [2.45, 2.75) is 6.42 Å². The number of carbonyl (C=O) groups excluding carboxylic acids is 1. The minimum atomic E-state index is -0.707. The minimum absolute atomic E-state index is 0.166. The molecule has 1 amide bonds. The molecule has 0 aliphatic carbocycles. The van der Waals surface area contributed by atoms with E-state index < -0.39 is 22.4 Å². The van der Waals surface area contributed by atoms with E-state index in [0.29, 0.717) is 19.5 Å². The maximum absolute atomic E-state index is 10.9. The first kappa shape index (κ1) is 16.3. The second-order valence-corrected chi connectivity index (χ2v) is 4.00. The molecular weight excluding hydrogens is 284 g/mol. The Hall–Kier alpha value is -2.75. The number of aliphatic hydroxyl groups is 1. The van der Waals surface area contributed by atoms with Crippen molar-refractivity contribution in [1.29, 1.82) is 0 Å². The van der Waals surface area contributed by atoms with Crippen LogP contribution in [0.3, 0.4) is 0 Å². The number of nitro benzene ring substituents is 2. The van der Waals surface area contributed by atoms with E-state index in [9.17, 15) is 25.0 Å². The van der Waals surface area contributed by atoms with Crippen LogP contribution in [0.4, 0.5) is 17.1 Å². The monoisotopic (exact) mass is 298 g/mol. The molecule has 0 saturated heterocycles. The lowest BCUT2D eigenvalue weighted by molar-refractivity contribution is -0.393. The maximum Gasteiger partial charge on any atom is 0.299 e.